The fourth-order valence-corrected chi connectivity index (χ4v) is 2.63. The van der Waals surface area contributed by atoms with Crippen LogP contribution in [-0.2, 0) is 19.7 Å². The number of benzene rings is 1. The van der Waals surface area contributed by atoms with Crippen LogP contribution in [0.25, 0.3) is 0 Å². The molecule has 1 aromatic carbocycles. The van der Waals surface area contributed by atoms with E-state index < -0.39 is 24.0 Å². The Kier molecular flexibility index (Phi) is 8.14. The van der Waals surface area contributed by atoms with Crippen molar-refractivity contribution in [2.24, 2.45) is 5.73 Å². The minimum atomic E-state index is -1.04. The molecule has 3 N–H and O–H groups in total. The van der Waals surface area contributed by atoms with Crippen molar-refractivity contribution < 1.29 is 19.1 Å². The van der Waals surface area contributed by atoms with Gasteiger partial charge in [0.05, 0.1) is 0 Å². The standard InChI is InChI=1S/C19H28N2O4S/c1-12(16(20)22)25-18(24)15(10-11-26-5)21-17(23)13-6-8-14(9-7-13)19(2,3)4/h6-9,12,15H,10-11H2,1-5H3,(H2,20,22)(H,21,23)/t12-,15-/m1/s1. The third-order valence-electron chi connectivity index (χ3n) is 3.91. The van der Waals surface area contributed by atoms with E-state index in [-0.39, 0.29) is 11.3 Å². The Bertz CT molecular complexity index is 638. The molecule has 0 aliphatic rings. The van der Waals surface area contributed by atoms with E-state index in [4.69, 9.17) is 10.5 Å². The third-order valence-corrected chi connectivity index (χ3v) is 4.55. The smallest absolute Gasteiger partial charge is 0.329 e. The molecule has 0 aliphatic heterocycles. The van der Waals surface area contributed by atoms with Gasteiger partial charge in [-0.1, -0.05) is 32.9 Å². The molecule has 144 valence electrons. The second-order valence-electron chi connectivity index (χ2n) is 7.12. The Morgan fingerprint density at radius 3 is 2.23 bits per heavy atom. The van der Waals surface area contributed by atoms with Crippen LogP contribution in [0.3, 0.4) is 0 Å². The first kappa shape index (κ1) is 22.0. The van der Waals surface area contributed by atoms with Crippen LogP contribution in [0.5, 0.6) is 0 Å². The maximum absolute atomic E-state index is 12.5. The van der Waals surface area contributed by atoms with E-state index in [9.17, 15) is 14.4 Å². The maximum Gasteiger partial charge on any atom is 0.329 e. The lowest BCUT2D eigenvalue weighted by Gasteiger charge is -2.20. The first-order valence-electron chi connectivity index (χ1n) is 8.46. The van der Waals surface area contributed by atoms with Crippen molar-refractivity contribution in [1.29, 1.82) is 0 Å². The van der Waals surface area contributed by atoms with Gasteiger partial charge in [-0.3, -0.25) is 9.59 Å². The van der Waals surface area contributed by atoms with Crippen LogP contribution in [0, 0.1) is 0 Å². The molecule has 0 radical (unpaired) electrons. The van der Waals surface area contributed by atoms with Crippen molar-refractivity contribution in [1.82, 2.24) is 5.32 Å². The fraction of sp³-hybridized carbons (Fsp3) is 0.526. The lowest BCUT2D eigenvalue weighted by molar-refractivity contribution is -0.155. The number of hydrogen-bond acceptors (Lipinski definition) is 5. The monoisotopic (exact) mass is 380 g/mol. The normalized spacial score (nSPS) is 13.6. The summed E-state index contributed by atoms with van der Waals surface area (Å²) in [5, 5.41) is 2.69. The number of hydrogen-bond donors (Lipinski definition) is 2. The Morgan fingerprint density at radius 1 is 1.19 bits per heavy atom. The highest BCUT2D eigenvalue weighted by Crippen LogP contribution is 2.22. The lowest BCUT2D eigenvalue weighted by atomic mass is 9.86. The van der Waals surface area contributed by atoms with Crippen LogP contribution in [0.4, 0.5) is 0 Å². The number of thioether (sulfide) groups is 1. The fourth-order valence-electron chi connectivity index (χ4n) is 2.16. The van der Waals surface area contributed by atoms with Gasteiger partial charge in [0.25, 0.3) is 11.8 Å². The largest absolute Gasteiger partial charge is 0.451 e. The lowest BCUT2D eigenvalue weighted by Crippen LogP contribution is -2.44. The third kappa shape index (κ3) is 6.71. The second-order valence-corrected chi connectivity index (χ2v) is 8.10. The summed E-state index contributed by atoms with van der Waals surface area (Å²) in [6, 6.07) is 6.44. The minimum absolute atomic E-state index is 0.00933. The summed E-state index contributed by atoms with van der Waals surface area (Å²) in [5.41, 5.74) is 6.68. The van der Waals surface area contributed by atoms with Gasteiger partial charge >= 0.3 is 5.97 Å². The zero-order valence-electron chi connectivity index (χ0n) is 16.0. The molecule has 0 spiro atoms. The quantitative estimate of drug-likeness (QED) is 0.674. The van der Waals surface area contributed by atoms with E-state index in [1.165, 1.54) is 6.92 Å². The zero-order chi connectivity index (χ0) is 19.9. The van der Waals surface area contributed by atoms with E-state index in [0.29, 0.717) is 17.7 Å². The van der Waals surface area contributed by atoms with Crippen molar-refractivity contribution in [3.8, 4) is 0 Å². The highest BCUT2D eigenvalue weighted by Gasteiger charge is 2.26. The topological polar surface area (TPSA) is 98.5 Å². The molecule has 0 fully saturated rings. The molecule has 1 aromatic rings. The van der Waals surface area contributed by atoms with Gasteiger partial charge in [-0.05, 0) is 48.5 Å². The Labute approximate surface area is 159 Å². The molecule has 0 heterocycles. The summed E-state index contributed by atoms with van der Waals surface area (Å²) in [5.74, 6) is -1.09. The van der Waals surface area contributed by atoms with E-state index in [1.807, 2.05) is 18.4 Å². The van der Waals surface area contributed by atoms with Crippen molar-refractivity contribution in [3.05, 3.63) is 35.4 Å². The zero-order valence-corrected chi connectivity index (χ0v) is 16.8. The van der Waals surface area contributed by atoms with Crippen molar-refractivity contribution in [3.63, 3.8) is 0 Å². The van der Waals surface area contributed by atoms with Gasteiger partial charge in [-0.15, -0.1) is 0 Å². The number of nitrogens with two attached hydrogens (primary N) is 1. The van der Waals surface area contributed by atoms with Gasteiger partial charge in [-0.25, -0.2) is 4.79 Å². The molecular formula is C19H28N2O4S. The number of primary amides is 1. The molecule has 0 saturated heterocycles. The number of rotatable bonds is 8. The maximum atomic E-state index is 12.5. The molecular weight excluding hydrogens is 352 g/mol. The van der Waals surface area contributed by atoms with E-state index in [1.54, 1.807) is 23.9 Å². The number of amides is 2. The molecule has 6 nitrogen and oxygen atoms in total. The van der Waals surface area contributed by atoms with E-state index >= 15 is 0 Å². The molecule has 7 heteroatoms. The Balaban J connectivity index is 2.84. The summed E-state index contributed by atoms with van der Waals surface area (Å²) < 4.78 is 5.03. The van der Waals surface area contributed by atoms with Gasteiger partial charge in [0.15, 0.2) is 6.10 Å². The summed E-state index contributed by atoms with van der Waals surface area (Å²) in [7, 11) is 0. The number of carbonyl (C=O) groups excluding carboxylic acids is 3. The predicted octanol–water partition coefficient (Wildman–Crippen LogP) is 2.25. The average molecular weight is 381 g/mol. The summed E-state index contributed by atoms with van der Waals surface area (Å²) in [6.45, 7) is 7.68. The summed E-state index contributed by atoms with van der Waals surface area (Å²) in [6.07, 6.45) is 1.26. The molecule has 2 amide bonds. The van der Waals surface area contributed by atoms with Gasteiger partial charge in [0.2, 0.25) is 0 Å². The average Bonchev–Trinajstić information content (AvgIpc) is 2.57. The Morgan fingerprint density at radius 2 is 1.77 bits per heavy atom. The number of carbonyl (C=O) groups is 3. The highest BCUT2D eigenvalue weighted by atomic mass is 32.2. The van der Waals surface area contributed by atoms with Crippen molar-refractivity contribution in [2.75, 3.05) is 12.0 Å². The Hall–Kier alpha value is -2.02. The molecule has 0 aliphatic carbocycles. The van der Waals surface area contributed by atoms with Crippen LogP contribution in [0.15, 0.2) is 24.3 Å². The van der Waals surface area contributed by atoms with Crippen molar-refractivity contribution in [2.45, 2.75) is 51.7 Å². The van der Waals surface area contributed by atoms with E-state index in [2.05, 4.69) is 26.1 Å². The van der Waals surface area contributed by atoms with Crippen LogP contribution >= 0.6 is 11.8 Å². The first-order chi connectivity index (χ1) is 12.1. The second kappa shape index (κ2) is 9.62. The SMILES string of the molecule is CSCC[C@@H](NC(=O)c1ccc(C(C)(C)C)cc1)C(=O)O[C@H](C)C(N)=O. The minimum Gasteiger partial charge on any atom is -0.451 e. The number of nitrogens with one attached hydrogen (secondary N) is 1. The highest BCUT2D eigenvalue weighted by molar-refractivity contribution is 7.98. The first-order valence-corrected chi connectivity index (χ1v) is 9.85. The van der Waals surface area contributed by atoms with Crippen molar-refractivity contribution >= 4 is 29.5 Å². The van der Waals surface area contributed by atoms with Gasteiger partial charge in [0, 0.05) is 5.56 Å². The molecule has 0 bridgehead atoms. The van der Waals surface area contributed by atoms with Gasteiger partial charge < -0.3 is 15.8 Å². The number of ether oxygens (including phenoxy) is 1. The molecule has 0 aromatic heterocycles. The van der Waals surface area contributed by atoms with Crippen LogP contribution in [-0.4, -0.2) is 41.9 Å². The van der Waals surface area contributed by atoms with Gasteiger partial charge in [0.1, 0.15) is 6.04 Å². The molecule has 2 atom stereocenters. The van der Waals surface area contributed by atoms with Crippen LogP contribution < -0.4 is 11.1 Å². The number of esters is 1. The van der Waals surface area contributed by atoms with E-state index in [0.717, 1.165) is 5.56 Å². The van der Waals surface area contributed by atoms with Crippen LogP contribution in [0.2, 0.25) is 0 Å². The van der Waals surface area contributed by atoms with Crippen LogP contribution in [0.1, 0.15) is 50.0 Å². The summed E-state index contributed by atoms with van der Waals surface area (Å²) >= 11 is 1.55. The molecule has 0 unspecified atom stereocenters. The molecule has 26 heavy (non-hydrogen) atoms. The molecule has 1 rings (SSSR count). The van der Waals surface area contributed by atoms with Gasteiger partial charge in [-0.2, -0.15) is 11.8 Å². The summed E-state index contributed by atoms with van der Waals surface area (Å²) in [4.78, 5) is 35.8. The predicted molar refractivity (Wildman–Crippen MR) is 104 cm³/mol. The molecule has 0 saturated carbocycles.